The van der Waals surface area contributed by atoms with Gasteiger partial charge >= 0.3 is 0 Å². The fourth-order valence-corrected chi connectivity index (χ4v) is 1.26. The summed E-state index contributed by atoms with van der Waals surface area (Å²) in [5.41, 5.74) is 1.65. The molecule has 1 aromatic rings. The Morgan fingerprint density at radius 3 is 2.81 bits per heavy atom. The summed E-state index contributed by atoms with van der Waals surface area (Å²) in [6.45, 7) is 4.60. The molecule has 0 atom stereocenters. The number of hydrogen-bond acceptors (Lipinski definition) is 3. The predicted molar refractivity (Wildman–Crippen MR) is 62.4 cm³/mol. The lowest BCUT2D eigenvalue weighted by molar-refractivity contribution is 0.322. The second kappa shape index (κ2) is 5.82. The summed E-state index contributed by atoms with van der Waals surface area (Å²) in [6, 6.07) is 6.49. The van der Waals surface area contributed by atoms with Gasteiger partial charge in [-0.15, -0.1) is 0 Å². The van der Waals surface area contributed by atoms with E-state index in [4.69, 9.17) is 10.00 Å². The van der Waals surface area contributed by atoms with E-state index in [0.717, 1.165) is 6.42 Å². The molecule has 1 rings (SSSR count). The van der Waals surface area contributed by atoms with Crippen molar-refractivity contribution >= 4 is 0 Å². The van der Waals surface area contributed by atoms with Crippen molar-refractivity contribution in [2.24, 2.45) is 0 Å². The van der Waals surface area contributed by atoms with E-state index >= 15 is 0 Å². The molecule has 3 heteroatoms. The lowest BCUT2D eigenvalue weighted by atomic mass is 10.2. The first kappa shape index (κ1) is 12.1. The molecule has 0 unspecified atom stereocenters. The van der Waals surface area contributed by atoms with Gasteiger partial charge in [-0.05, 0) is 32.4 Å². The topological polar surface area (TPSA) is 53.2 Å². The molecule has 1 N–H and O–H groups in total. The van der Waals surface area contributed by atoms with Crippen LogP contribution in [0.1, 0.15) is 25.8 Å². The summed E-state index contributed by atoms with van der Waals surface area (Å²) in [7, 11) is 0. The smallest absolute Gasteiger partial charge is 0.124 e. The van der Waals surface area contributed by atoms with Gasteiger partial charge in [0.1, 0.15) is 11.5 Å². The molecule has 3 nitrogen and oxygen atoms in total. The first-order chi connectivity index (χ1) is 7.61. The van der Waals surface area contributed by atoms with E-state index in [0.29, 0.717) is 17.9 Å². The summed E-state index contributed by atoms with van der Waals surface area (Å²) in [5, 5.41) is 18.0. The van der Waals surface area contributed by atoms with E-state index in [2.05, 4.69) is 6.08 Å². The molecule has 0 saturated carbocycles. The van der Waals surface area contributed by atoms with Crippen molar-refractivity contribution in [2.75, 3.05) is 6.61 Å². The summed E-state index contributed by atoms with van der Waals surface area (Å²) >= 11 is 0. The van der Waals surface area contributed by atoms with Crippen molar-refractivity contribution < 1.29 is 9.84 Å². The van der Waals surface area contributed by atoms with Gasteiger partial charge in [-0.3, -0.25) is 0 Å². The monoisotopic (exact) mass is 217 g/mol. The summed E-state index contributed by atoms with van der Waals surface area (Å²) in [4.78, 5) is 0. The van der Waals surface area contributed by atoms with Crippen LogP contribution in [-0.2, 0) is 0 Å². The van der Waals surface area contributed by atoms with Crippen LogP contribution in [0, 0.1) is 11.3 Å². The summed E-state index contributed by atoms with van der Waals surface area (Å²) < 4.78 is 5.42. The zero-order chi connectivity index (χ0) is 12.0. The van der Waals surface area contributed by atoms with Crippen molar-refractivity contribution in [3.63, 3.8) is 0 Å². The third kappa shape index (κ3) is 4.05. The van der Waals surface area contributed by atoms with Gasteiger partial charge in [0.05, 0.1) is 18.2 Å². The third-order valence-corrected chi connectivity index (χ3v) is 1.96. The van der Waals surface area contributed by atoms with E-state index < -0.39 is 0 Å². The number of ether oxygens (including phenoxy) is 1. The standard InChI is InChI=1S/C13H15NO2/c1-10(2)4-3-5-16-13-7-11(9-14)6-12(15)8-13/h4,6-8,15H,3,5H2,1-2H3. The SMILES string of the molecule is CC(C)=CCCOc1cc(O)cc(C#N)c1. The van der Waals surface area contributed by atoms with Crippen LogP contribution in [0.2, 0.25) is 0 Å². The maximum atomic E-state index is 9.33. The van der Waals surface area contributed by atoms with Crippen LogP contribution in [0.4, 0.5) is 0 Å². The van der Waals surface area contributed by atoms with Crippen LogP contribution in [0.3, 0.4) is 0 Å². The van der Waals surface area contributed by atoms with Gasteiger partial charge in [-0.2, -0.15) is 5.26 Å². The zero-order valence-corrected chi connectivity index (χ0v) is 9.53. The Morgan fingerprint density at radius 2 is 2.19 bits per heavy atom. The molecule has 0 amide bonds. The first-order valence-electron chi connectivity index (χ1n) is 5.12. The average Bonchev–Trinajstić information content (AvgIpc) is 2.23. The number of phenols is 1. The van der Waals surface area contributed by atoms with Gasteiger partial charge in [0.2, 0.25) is 0 Å². The molecule has 0 aliphatic heterocycles. The van der Waals surface area contributed by atoms with Gasteiger partial charge in [0, 0.05) is 6.07 Å². The molecule has 1 aromatic carbocycles. The Bertz CT molecular complexity index is 426. The molecule has 0 radical (unpaired) electrons. The quantitative estimate of drug-likeness (QED) is 0.623. The van der Waals surface area contributed by atoms with E-state index in [1.54, 1.807) is 6.07 Å². The Morgan fingerprint density at radius 1 is 1.44 bits per heavy atom. The molecule has 0 aliphatic carbocycles. The van der Waals surface area contributed by atoms with E-state index in [1.807, 2.05) is 19.9 Å². The van der Waals surface area contributed by atoms with Gasteiger partial charge < -0.3 is 9.84 Å². The molecule has 16 heavy (non-hydrogen) atoms. The highest BCUT2D eigenvalue weighted by molar-refractivity contribution is 5.43. The number of phenolic OH excluding ortho intramolecular Hbond substituents is 1. The number of hydrogen-bond donors (Lipinski definition) is 1. The minimum atomic E-state index is 0.0521. The fourth-order valence-electron chi connectivity index (χ4n) is 1.26. The van der Waals surface area contributed by atoms with Gasteiger partial charge in [0.15, 0.2) is 0 Å². The van der Waals surface area contributed by atoms with E-state index in [-0.39, 0.29) is 5.75 Å². The summed E-state index contributed by atoms with van der Waals surface area (Å²) in [5.74, 6) is 0.579. The largest absolute Gasteiger partial charge is 0.508 e. The van der Waals surface area contributed by atoms with Gasteiger partial charge in [-0.25, -0.2) is 0 Å². The predicted octanol–water partition coefficient (Wildman–Crippen LogP) is 3.00. The number of benzene rings is 1. The molecular formula is C13H15NO2. The van der Waals surface area contributed by atoms with Crippen molar-refractivity contribution in [1.29, 1.82) is 5.26 Å². The highest BCUT2D eigenvalue weighted by Gasteiger charge is 2.00. The number of allylic oxidation sites excluding steroid dienone is 1. The lowest BCUT2D eigenvalue weighted by Crippen LogP contribution is -1.96. The van der Waals surface area contributed by atoms with Crippen LogP contribution in [0.25, 0.3) is 0 Å². The highest BCUT2D eigenvalue weighted by Crippen LogP contribution is 2.21. The van der Waals surface area contributed by atoms with Crippen molar-refractivity contribution in [3.8, 4) is 17.6 Å². The van der Waals surface area contributed by atoms with Crippen LogP contribution >= 0.6 is 0 Å². The van der Waals surface area contributed by atoms with E-state index in [9.17, 15) is 5.11 Å². The van der Waals surface area contributed by atoms with Crippen molar-refractivity contribution in [3.05, 3.63) is 35.4 Å². The Balaban J connectivity index is 2.58. The Hall–Kier alpha value is -1.95. The second-order valence-electron chi connectivity index (χ2n) is 3.75. The number of rotatable bonds is 4. The maximum absolute atomic E-state index is 9.33. The number of aromatic hydroxyl groups is 1. The summed E-state index contributed by atoms with van der Waals surface area (Å²) in [6.07, 6.45) is 2.90. The molecule has 84 valence electrons. The molecule has 0 spiro atoms. The molecule has 0 aromatic heterocycles. The number of nitrogens with zero attached hydrogens (tertiary/aromatic N) is 1. The van der Waals surface area contributed by atoms with Crippen LogP contribution < -0.4 is 4.74 Å². The lowest BCUT2D eigenvalue weighted by Gasteiger charge is -2.05. The van der Waals surface area contributed by atoms with E-state index in [1.165, 1.54) is 17.7 Å². The molecule has 0 fully saturated rings. The number of nitriles is 1. The normalized spacial score (nSPS) is 9.31. The zero-order valence-electron chi connectivity index (χ0n) is 9.53. The minimum Gasteiger partial charge on any atom is -0.508 e. The van der Waals surface area contributed by atoms with Crippen molar-refractivity contribution in [1.82, 2.24) is 0 Å². The second-order valence-corrected chi connectivity index (χ2v) is 3.75. The molecule has 0 aliphatic rings. The Labute approximate surface area is 95.6 Å². The van der Waals surface area contributed by atoms with Crippen LogP contribution in [0.15, 0.2) is 29.8 Å². The molecule has 0 heterocycles. The van der Waals surface area contributed by atoms with Crippen LogP contribution in [-0.4, -0.2) is 11.7 Å². The molecule has 0 saturated heterocycles. The average molecular weight is 217 g/mol. The van der Waals surface area contributed by atoms with Gasteiger partial charge in [0.25, 0.3) is 0 Å². The van der Waals surface area contributed by atoms with Crippen LogP contribution in [0.5, 0.6) is 11.5 Å². The van der Waals surface area contributed by atoms with Gasteiger partial charge in [-0.1, -0.05) is 11.6 Å². The van der Waals surface area contributed by atoms with Crippen molar-refractivity contribution in [2.45, 2.75) is 20.3 Å². The maximum Gasteiger partial charge on any atom is 0.124 e. The Kier molecular flexibility index (Phi) is 4.41. The third-order valence-electron chi connectivity index (χ3n) is 1.96. The fraction of sp³-hybridized carbons (Fsp3) is 0.308. The first-order valence-corrected chi connectivity index (χ1v) is 5.12. The highest BCUT2D eigenvalue weighted by atomic mass is 16.5. The molecular weight excluding hydrogens is 202 g/mol. The molecule has 0 bridgehead atoms. The minimum absolute atomic E-state index is 0.0521.